The van der Waals surface area contributed by atoms with Crippen LogP contribution in [-0.2, 0) is 6.61 Å². The second kappa shape index (κ2) is 8.17. The molecule has 1 aliphatic heterocycles. The zero-order chi connectivity index (χ0) is 18.8. The molecule has 0 aromatic heterocycles. The van der Waals surface area contributed by atoms with Crippen molar-refractivity contribution in [3.63, 3.8) is 0 Å². The molecule has 3 aromatic carbocycles. The molecule has 0 saturated carbocycles. The summed E-state index contributed by atoms with van der Waals surface area (Å²) in [6.07, 6.45) is -0.137. The van der Waals surface area contributed by atoms with Crippen molar-refractivity contribution in [3.05, 3.63) is 85.4 Å². The van der Waals surface area contributed by atoms with E-state index in [2.05, 4.69) is 22.6 Å². The highest BCUT2D eigenvalue weighted by atomic mass is 127. The fraction of sp³-hybridized carbons (Fsp3) is 0.143. The van der Waals surface area contributed by atoms with E-state index in [1.54, 1.807) is 6.07 Å². The molecule has 1 heterocycles. The molecule has 0 saturated heterocycles. The minimum absolute atomic E-state index is 0.137. The first-order chi connectivity index (χ1) is 13.1. The maximum atomic E-state index is 6.07. The number of fused-ring (bicyclic) bond motifs is 1. The molecule has 1 aliphatic rings. The Morgan fingerprint density at radius 1 is 0.926 bits per heavy atom. The van der Waals surface area contributed by atoms with Crippen LogP contribution in [-0.4, -0.2) is 6.61 Å². The van der Waals surface area contributed by atoms with Crippen LogP contribution in [0, 0.1) is 3.57 Å². The van der Waals surface area contributed by atoms with Gasteiger partial charge in [0, 0.05) is 3.57 Å². The molecule has 0 radical (unpaired) electrons. The third-order valence-electron chi connectivity index (χ3n) is 4.21. The predicted molar refractivity (Wildman–Crippen MR) is 115 cm³/mol. The van der Waals surface area contributed by atoms with Gasteiger partial charge in [-0.15, -0.1) is 0 Å². The average Bonchev–Trinajstić information content (AvgIpc) is 2.69. The van der Waals surface area contributed by atoms with Crippen molar-refractivity contribution >= 4 is 45.8 Å². The van der Waals surface area contributed by atoms with Gasteiger partial charge < -0.3 is 14.2 Å². The lowest BCUT2D eigenvalue weighted by Crippen LogP contribution is -2.21. The Kier molecular flexibility index (Phi) is 5.66. The van der Waals surface area contributed by atoms with Crippen LogP contribution in [0.5, 0.6) is 17.2 Å². The topological polar surface area (TPSA) is 27.7 Å². The Labute approximate surface area is 181 Å². The maximum Gasteiger partial charge on any atom is 0.162 e. The van der Waals surface area contributed by atoms with Crippen LogP contribution < -0.4 is 14.2 Å². The van der Waals surface area contributed by atoms with Gasteiger partial charge in [0.1, 0.15) is 19.0 Å². The van der Waals surface area contributed by atoms with E-state index < -0.39 is 0 Å². The van der Waals surface area contributed by atoms with Crippen LogP contribution in [0.25, 0.3) is 0 Å². The van der Waals surface area contributed by atoms with E-state index in [-0.39, 0.29) is 6.10 Å². The van der Waals surface area contributed by atoms with Gasteiger partial charge >= 0.3 is 0 Å². The van der Waals surface area contributed by atoms with Gasteiger partial charge in [-0.2, -0.15) is 0 Å². The first-order valence-electron chi connectivity index (χ1n) is 8.34. The second-order valence-electron chi connectivity index (χ2n) is 6.11. The summed E-state index contributed by atoms with van der Waals surface area (Å²) >= 11 is 14.2. The lowest BCUT2D eigenvalue weighted by Gasteiger charge is -2.27. The molecule has 0 bridgehead atoms. The molecule has 4 rings (SSSR count). The second-order valence-corrected chi connectivity index (χ2v) is 8.17. The molecule has 27 heavy (non-hydrogen) atoms. The lowest BCUT2D eigenvalue weighted by molar-refractivity contribution is 0.0911. The monoisotopic (exact) mass is 512 g/mol. The minimum Gasteiger partial charge on any atom is -0.489 e. The van der Waals surface area contributed by atoms with E-state index in [0.717, 1.165) is 31.9 Å². The van der Waals surface area contributed by atoms with Crippen molar-refractivity contribution in [1.29, 1.82) is 0 Å². The summed E-state index contributed by atoms with van der Waals surface area (Å²) < 4.78 is 18.9. The number of halogens is 3. The summed E-state index contributed by atoms with van der Waals surface area (Å²) in [7, 11) is 0. The van der Waals surface area contributed by atoms with Crippen molar-refractivity contribution in [1.82, 2.24) is 0 Å². The molecule has 0 spiro atoms. The fourth-order valence-corrected chi connectivity index (χ4v) is 3.57. The molecule has 6 heteroatoms. The van der Waals surface area contributed by atoms with E-state index in [1.807, 2.05) is 54.6 Å². The molecular formula is C21H15Cl2IO3. The SMILES string of the molecule is Clc1ccc(COc2ccc([C@H]3COc4cc(I)ccc4O3)cc2)cc1Cl. The van der Waals surface area contributed by atoms with Gasteiger partial charge in [-0.3, -0.25) is 0 Å². The summed E-state index contributed by atoms with van der Waals surface area (Å²) in [4.78, 5) is 0. The maximum absolute atomic E-state index is 6.07. The molecule has 0 aliphatic carbocycles. The lowest BCUT2D eigenvalue weighted by atomic mass is 10.1. The average molecular weight is 513 g/mol. The molecule has 0 amide bonds. The number of benzene rings is 3. The molecular weight excluding hydrogens is 498 g/mol. The highest BCUT2D eigenvalue weighted by molar-refractivity contribution is 14.1. The van der Waals surface area contributed by atoms with E-state index in [9.17, 15) is 0 Å². The molecule has 0 N–H and O–H groups in total. The van der Waals surface area contributed by atoms with Crippen molar-refractivity contribution in [2.75, 3.05) is 6.61 Å². The smallest absolute Gasteiger partial charge is 0.162 e. The summed E-state index contributed by atoms with van der Waals surface area (Å²) in [6, 6.07) is 19.3. The molecule has 3 aromatic rings. The van der Waals surface area contributed by atoms with Gasteiger partial charge in [0.25, 0.3) is 0 Å². The number of hydrogen-bond donors (Lipinski definition) is 0. The Morgan fingerprint density at radius 3 is 2.52 bits per heavy atom. The summed E-state index contributed by atoms with van der Waals surface area (Å²) in [6.45, 7) is 0.905. The van der Waals surface area contributed by atoms with Crippen LogP contribution in [0.1, 0.15) is 17.2 Å². The summed E-state index contributed by atoms with van der Waals surface area (Å²) in [5, 5.41) is 1.06. The number of rotatable bonds is 4. The van der Waals surface area contributed by atoms with Crippen LogP contribution >= 0.6 is 45.8 Å². The van der Waals surface area contributed by atoms with Crippen molar-refractivity contribution in [2.24, 2.45) is 0 Å². The Morgan fingerprint density at radius 2 is 1.74 bits per heavy atom. The zero-order valence-electron chi connectivity index (χ0n) is 14.1. The van der Waals surface area contributed by atoms with Gasteiger partial charge in [0.2, 0.25) is 0 Å². The molecule has 3 nitrogen and oxygen atoms in total. The van der Waals surface area contributed by atoms with Gasteiger partial charge in [0.15, 0.2) is 17.6 Å². The first kappa shape index (κ1) is 18.7. The highest BCUT2D eigenvalue weighted by Crippen LogP contribution is 2.37. The Bertz CT molecular complexity index is 960. The van der Waals surface area contributed by atoms with Crippen molar-refractivity contribution in [2.45, 2.75) is 12.7 Å². The van der Waals surface area contributed by atoms with E-state index in [4.69, 9.17) is 37.4 Å². The number of hydrogen-bond acceptors (Lipinski definition) is 3. The van der Waals surface area contributed by atoms with Crippen LogP contribution in [0.2, 0.25) is 10.0 Å². The van der Waals surface area contributed by atoms with Crippen LogP contribution in [0.4, 0.5) is 0 Å². The molecule has 0 fully saturated rings. The number of ether oxygens (including phenoxy) is 3. The van der Waals surface area contributed by atoms with E-state index in [1.165, 1.54) is 0 Å². The van der Waals surface area contributed by atoms with Gasteiger partial charge in [0.05, 0.1) is 10.0 Å². The van der Waals surface area contributed by atoms with E-state index >= 15 is 0 Å². The molecule has 138 valence electrons. The van der Waals surface area contributed by atoms with Gasteiger partial charge in [-0.05, 0) is 76.2 Å². The molecule has 0 unspecified atom stereocenters. The Hall–Kier alpha value is -1.63. The van der Waals surface area contributed by atoms with E-state index in [0.29, 0.717) is 23.3 Å². The minimum atomic E-state index is -0.137. The Balaban J connectivity index is 1.40. The predicted octanol–water partition coefficient (Wildman–Crippen LogP) is 6.69. The van der Waals surface area contributed by atoms with Crippen molar-refractivity contribution < 1.29 is 14.2 Å². The largest absolute Gasteiger partial charge is 0.489 e. The van der Waals surface area contributed by atoms with Gasteiger partial charge in [-0.25, -0.2) is 0 Å². The normalized spacial score (nSPS) is 15.4. The molecule has 1 atom stereocenters. The summed E-state index contributed by atoms with van der Waals surface area (Å²) in [5.74, 6) is 2.34. The third kappa shape index (κ3) is 4.45. The first-order valence-corrected chi connectivity index (χ1v) is 10.2. The van der Waals surface area contributed by atoms with Gasteiger partial charge in [-0.1, -0.05) is 41.4 Å². The van der Waals surface area contributed by atoms with Crippen LogP contribution in [0.15, 0.2) is 60.7 Å². The quantitative estimate of drug-likeness (QED) is 0.364. The standard InChI is InChI=1S/C21H15Cl2IO3/c22-17-7-1-13(9-18(17)23)11-25-16-5-2-14(3-6-16)21-12-26-20-10-15(24)4-8-19(20)27-21/h1-10,21H,11-12H2/t21-/m1/s1. The van der Waals surface area contributed by atoms with Crippen molar-refractivity contribution in [3.8, 4) is 17.2 Å². The zero-order valence-corrected chi connectivity index (χ0v) is 17.8. The highest BCUT2D eigenvalue weighted by Gasteiger charge is 2.22. The summed E-state index contributed by atoms with van der Waals surface area (Å²) in [5.41, 5.74) is 2.00. The fourth-order valence-electron chi connectivity index (χ4n) is 2.78. The third-order valence-corrected chi connectivity index (χ3v) is 5.62. The van der Waals surface area contributed by atoms with Crippen LogP contribution in [0.3, 0.4) is 0 Å².